The summed E-state index contributed by atoms with van der Waals surface area (Å²) in [5.74, 6) is 0.768. The number of ether oxygens (including phenoxy) is 1. The molecule has 0 amide bonds. The van der Waals surface area contributed by atoms with E-state index in [1.807, 2.05) is 31.3 Å². The van der Waals surface area contributed by atoms with E-state index in [1.165, 1.54) is 0 Å². The maximum Gasteiger partial charge on any atom is 0.183 e. The average molecular weight is 269 g/mol. The maximum absolute atomic E-state index is 6.21. The Labute approximate surface area is 109 Å². The Kier molecular flexibility index (Phi) is 3.86. The number of aromatic nitrogens is 1. The number of rotatable bonds is 4. The number of anilines is 1. The lowest BCUT2D eigenvalue weighted by atomic mass is 10.2. The van der Waals surface area contributed by atoms with Crippen molar-refractivity contribution in [1.29, 1.82) is 0 Å². The van der Waals surface area contributed by atoms with Crippen LogP contribution in [0.3, 0.4) is 0 Å². The highest BCUT2D eigenvalue weighted by Gasteiger charge is 2.13. The molecule has 0 unspecified atom stereocenters. The molecule has 2 aromatic rings. The van der Waals surface area contributed by atoms with E-state index in [0.29, 0.717) is 5.02 Å². The van der Waals surface area contributed by atoms with Crippen molar-refractivity contribution < 1.29 is 4.74 Å². The van der Waals surface area contributed by atoms with Crippen molar-refractivity contribution in [1.82, 2.24) is 4.98 Å². The van der Waals surface area contributed by atoms with Gasteiger partial charge in [-0.15, -0.1) is 0 Å². The molecule has 2 rings (SSSR count). The van der Waals surface area contributed by atoms with Crippen molar-refractivity contribution in [3.8, 4) is 16.2 Å². The van der Waals surface area contributed by atoms with Gasteiger partial charge in [0.25, 0.3) is 0 Å². The fourth-order valence-electron chi connectivity index (χ4n) is 1.54. The van der Waals surface area contributed by atoms with Crippen LogP contribution in [0.15, 0.2) is 24.4 Å². The Hall–Kier alpha value is -1.26. The topological polar surface area (TPSA) is 34.2 Å². The van der Waals surface area contributed by atoms with E-state index >= 15 is 0 Å². The second kappa shape index (κ2) is 5.38. The van der Waals surface area contributed by atoms with E-state index in [1.54, 1.807) is 18.4 Å². The summed E-state index contributed by atoms with van der Waals surface area (Å²) in [4.78, 5) is 5.30. The lowest BCUT2D eigenvalue weighted by Crippen LogP contribution is -1.94. The predicted octanol–water partition coefficient (Wildman–Crippen LogP) is 3.90. The van der Waals surface area contributed by atoms with Crippen LogP contribution < -0.4 is 10.1 Å². The molecule has 1 N–H and O–H groups in total. The third kappa shape index (κ3) is 2.53. The largest absolute Gasteiger partial charge is 0.496 e. The number of benzene rings is 1. The standard InChI is InChI=1S/C12H13ClN2OS/c1-3-14-12-15-7-10(17-12)11-8(13)5-4-6-9(11)16-2/h4-7H,3H2,1-2H3,(H,14,15). The van der Waals surface area contributed by atoms with Gasteiger partial charge in [0.1, 0.15) is 5.75 Å². The van der Waals surface area contributed by atoms with Crippen molar-refractivity contribution in [3.05, 3.63) is 29.4 Å². The first-order chi connectivity index (χ1) is 8.26. The van der Waals surface area contributed by atoms with Gasteiger partial charge in [0.05, 0.1) is 22.6 Å². The molecule has 0 fully saturated rings. The summed E-state index contributed by atoms with van der Waals surface area (Å²) in [5, 5.41) is 4.75. The van der Waals surface area contributed by atoms with Gasteiger partial charge in [-0.2, -0.15) is 0 Å². The zero-order chi connectivity index (χ0) is 12.3. The van der Waals surface area contributed by atoms with Gasteiger partial charge in [0.2, 0.25) is 0 Å². The van der Waals surface area contributed by atoms with Crippen LogP contribution in [0.4, 0.5) is 5.13 Å². The van der Waals surface area contributed by atoms with Crippen molar-refractivity contribution in [2.75, 3.05) is 19.0 Å². The summed E-state index contributed by atoms with van der Waals surface area (Å²) in [6, 6.07) is 5.62. The molecule has 0 saturated heterocycles. The predicted molar refractivity (Wildman–Crippen MR) is 73.3 cm³/mol. The molecule has 1 aromatic carbocycles. The third-order valence-electron chi connectivity index (χ3n) is 2.28. The minimum atomic E-state index is 0.677. The van der Waals surface area contributed by atoms with Crippen LogP contribution >= 0.6 is 22.9 Å². The van der Waals surface area contributed by atoms with Gasteiger partial charge in [-0.05, 0) is 19.1 Å². The first-order valence-corrected chi connectivity index (χ1v) is 6.48. The van der Waals surface area contributed by atoms with E-state index in [0.717, 1.165) is 27.9 Å². The molecule has 0 saturated carbocycles. The Morgan fingerprint density at radius 3 is 3.00 bits per heavy atom. The summed E-state index contributed by atoms with van der Waals surface area (Å²) in [6.07, 6.45) is 1.81. The first-order valence-electron chi connectivity index (χ1n) is 5.28. The summed E-state index contributed by atoms with van der Waals surface area (Å²) in [5.41, 5.74) is 0.901. The van der Waals surface area contributed by atoms with Gasteiger partial charge in [-0.25, -0.2) is 4.98 Å². The van der Waals surface area contributed by atoms with Crippen LogP contribution in [0.5, 0.6) is 5.75 Å². The zero-order valence-corrected chi connectivity index (χ0v) is 11.2. The number of halogens is 1. The highest BCUT2D eigenvalue weighted by atomic mass is 35.5. The van der Waals surface area contributed by atoms with Crippen LogP contribution in [0.1, 0.15) is 6.92 Å². The fraction of sp³-hybridized carbons (Fsp3) is 0.250. The highest BCUT2D eigenvalue weighted by Crippen LogP contribution is 2.40. The second-order valence-corrected chi connectivity index (χ2v) is 4.81. The monoisotopic (exact) mass is 268 g/mol. The molecule has 1 heterocycles. The van der Waals surface area contributed by atoms with Gasteiger partial charge in [0, 0.05) is 12.7 Å². The summed E-state index contributed by atoms with van der Waals surface area (Å²) in [6.45, 7) is 2.89. The second-order valence-electron chi connectivity index (χ2n) is 3.38. The van der Waals surface area contributed by atoms with Crippen LogP contribution in [0.25, 0.3) is 10.4 Å². The number of hydrogen-bond donors (Lipinski definition) is 1. The minimum Gasteiger partial charge on any atom is -0.496 e. The minimum absolute atomic E-state index is 0.677. The normalized spacial score (nSPS) is 10.3. The van der Waals surface area contributed by atoms with Crippen molar-refractivity contribution in [2.24, 2.45) is 0 Å². The zero-order valence-electron chi connectivity index (χ0n) is 9.66. The number of methoxy groups -OCH3 is 1. The molecular weight excluding hydrogens is 256 g/mol. The molecule has 0 aliphatic rings. The molecule has 0 aliphatic carbocycles. The molecule has 5 heteroatoms. The Bertz CT molecular complexity index is 513. The van der Waals surface area contributed by atoms with E-state index < -0.39 is 0 Å². The molecule has 0 atom stereocenters. The van der Waals surface area contributed by atoms with Crippen molar-refractivity contribution in [3.63, 3.8) is 0 Å². The molecule has 0 spiro atoms. The third-order valence-corrected chi connectivity index (χ3v) is 3.56. The highest BCUT2D eigenvalue weighted by molar-refractivity contribution is 7.19. The molecule has 1 aromatic heterocycles. The summed E-state index contributed by atoms with van der Waals surface area (Å²) >= 11 is 7.78. The van der Waals surface area contributed by atoms with Crippen molar-refractivity contribution >= 4 is 28.1 Å². The quantitative estimate of drug-likeness (QED) is 0.913. The van der Waals surface area contributed by atoms with Gasteiger partial charge in [0.15, 0.2) is 5.13 Å². The fourth-order valence-corrected chi connectivity index (χ4v) is 2.81. The lowest BCUT2D eigenvalue weighted by Gasteiger charge is -2.07. The van der Waals surface area contributed by atoms with Gasteiger partial charge in [-0.1, -0.05) is 29.0 Å². The smallest absolute Gasteiger partial charge is 0.183 e. The first kappa shape index (κ1) is 12.2. The van der Waals surface area contributed by atoms with Gasteiger partial charge < -0.3 is 10.1 Å². The number of hydrogen-bond acceptors (Lipinski definition) is 4. The molecule has 0 radical (unpaired) electrons. The van der Waals surface area contributed by atoms with E-state index in [4.69, 9.17) is 16.3 Å². The molecular formula is C12H13ClN2OS. The Morgan fingerprint density at radius 1 is 1.47 bits per heavy atom. The molecule has 3 nitrogen and oxygen atoms in total. The molecule has 0 aliphatic heterocycles. The Morgan fingerprint density at radius 2 is 2.29 bits per heavy atom. The average Bonchev–Trinajstić information content (AvgIpc) is 2.77. The summed E-state index contributed by atoms with van der Waals surface area (Å²) < 4.78 is 5.32. The van der Waals surface area contributed by atoms with Crippen molar-refractivity contribution in [2.45, 2.75) is 6.92 Å². The van der Waals surface area contributed by atoms with E-state index in [2.05, 4.69) is 10.3 Å². The van der Waals surface area contributed by atoms with Crippen LogP contribution in [0, 0.1) is 0 Å². The lowest BCUT2D eigenvalue weighted by molar-refractivity contribution is 0.416. The molecule has 90 valence electrons. The van der Waals surface area contributed by atoms with E-state index in [9.17, 15) is 0 Å². The van der Waals surface area contributed by atoms with Crippen LogP contribution in [0.2, 0.25) is 5.02 Å². The number of thiazole rings is 1. The number of nitrogens with one attached hydrogen (secondary N) is 1. The summed E-state index contributed by atoms with van der Waals surface area (Å²) in [7, 11) is 1.64. The molecule has 17 heavy (non-hydrogen) atoms. The van der Waals surface area contributed by atoms with E-state index in [-0.39, 0.29) is 0 Å². The Balaban J connectivity index is 2.44. The SMILES string of the molecule is CCNc1ncc(-c2c(Cl)cccc2OC)s1. The molecule has 0 bridgehead atoms. The number of nitrogens with zero attached hydrogens (tertiary/aromatic N) is 1. The van der Waals surface area contributed by atoms with Gasteiger partial charge in [-0.3, -0.25) is 0 Å². The maximum atomic E-state index is 6.21. The van der Waals surface area contributed by atoms with Crippen LogP contribution in [-0.2, 0) is 0 Å². The van der Waals surface area contributed by atoms with Crippen LogP contribution in [-0.4, -0.2) is 18.6 Å². The van der Waals surface area contributed by atoms with Gasteiger partial charge >= 0.3 is 0 Å².